The van der Waals surface area contributed by atoms with Crippen LogP contribution in [0.25, 0.3) is 11.1 Å². The first-order valence-electron chi connectivity index (χ1n) is 18.2. The fraction of sp³-hybridized carbons (Fsp3) is 0.561. The number of phenols is 2. The molecule has 2 aliphatic carbocycles. The van der Waals surface area contributed by atoms with Gasteiger partial charge in [-0.1, -0.05) is 33.3 Å². The largest absolute Gasteiger partial charge is 0.508 e. The molecule has 1 heterocycles. The molecule has 3 aromatic carbocycles. The number of aliphatic hydroxyl groups excluding tert-OH is 2. The predicted molar refractivity (Wildman–Crippen MR) is 188 cm³/mol. The molecule has 0 radical (unpaired) electrons. The van der Waals surface area contributed by atoms with Gasteiger partial charge < -0.3 is 34.6 Å². The Hall–Kier alpha value is -3.42. The van der Waals surface area contributed by atoms with Gasteiger partial charge in [-0.25, -0.2) is 0 Å². The number of aliphatic hydroxyl groups is 2. The van der Waals surface area contributed by atoms with Crippen molar-refractivity contribution < 1.29 is 34.6 Å². The summed E-state index contributed by atoms with van der Waals surface area (Å²) in [5, 5.41) is 42.9. The maximum absolute atomic E-state index is 11.7. The highest BCUT2D eigenvalue weighted by molar-refractivity contribution is 5.83. The molecule has 4 N–H and O–H groups in total. The van der Waals surface area contributed by atoms with Crippen LogP contribution in [0.5, 0.6) is 28.7 Å². The molecule has 0 amide bonds. The molecule has 7 heteroatoms. The maximum Gasteiger partial charge on any atom is 0.161 e. The molecule has 0 spiro atoms. The van der Waals surface area contributed by atoms with E-state index in [1.54, 1.807) is 13.2 Å². The molecule has 1 aliphatic heterocycles. The minimum Gasteiger partial charge on any atom is -0.508 e. The van der Waals surface area contributed by atoms with Gasteiger partial charge in [0.05, 0.1) is 19.3 Å². The van der Waals surface area contributed by atoms with Crippen LogP contribution < -0.4 is 14.2 Å². The molecule has 3 aromatic rings. The topological polar surface area (TPSA) is 109 Å². The number of ether oxygens (including phenoxy) is 3. The zero-order valence-electron chi connectivity index (χ0n) is 29.1. The summed E-state index contributed by atoms with van der Waals surface area (Å²) in [6.07, 6.45) is 9.73. The van der Waals surface area contributed by atoms with Crippen LogP contribution in [0.1, 0.15) is 118 Å². The molecule has 3 aliphatic rings. The number of rotatable bonds is 13. The molecule has 6 rings (SSSR count). The molecule has 48 heavy (non-hydrogen) atoms. The van der Waals surface area contributed by atoms with Crippen molar-refractivity contribution in [1.82, 2.24) is 0 Å². The Labute approximate surface area is 285 Å². The van der Waals surface area contributed by atoms with Gasteiger partial charge in [0.15, 0.2) is 11.5 Å². The highest BCUT2D eigenvalue weighted by atomic mass is 16.5. The number of hydrogen-bond acceptors (Lipinski definition) is 7. The normalized spacial score (nSPS) is 20.9. The summed E-state index contributed by atoms with van der Waals surface area (Å²) in [5.74, 6) is 3.40. The van der Waals surface area contributed by atoms with Crippen LogP contribution in [-0.4, -0.2) is 46.4 Å². The maximum atomic E-state index is 11.7. The Morgan fingerprint density at radius 2 is 1.75 bits per heavy atom. The fourth-order valence-corrected chi connectivity index (χ4v) is 8.37. The van der Waals surface area contributed by atoms with E-state index in [4.69, 9.17) is 14.2 Å². The van der Waals surface area contributed by atoms with E-state index in [0.717, 1.165) is 110 Å². The Balaban J connectivity index is 1.41. The molecule has 0 saturated heterocycles. The van der Waals surface area contributed by atoms with Crippen molar-refractivity contribution in [2.45, 2.75) is 122 Å². The van der Waals surface area contributed by atoms with E-state index in [-0.39, 0.29) is 24.4 Å². The fourth-order valence-electron chi connectivity index (χ4n) is 8.37. The van der Waals surface area contributed by atoms with Gasteiger partial charge in [-0.05, 0) is 134 Å². The van der Waals surface area contributed by atoms with E-state index < -0.39 is 12.2 Å². The second-order valence-electron chi connectivity index (χ2n) is 14.8. The van der Waals surface area contributed by atoms with E-state index in [1.165, 1.54) is 5.56 Å². The van der Waals surface area contributed by atoms with Crippen LogP contribution in [0.3, 0.4) is 0 Å². The third-order valence-corrected chi connectivity index (χ3v) is 10.9. The number of methoxy groups -OCH3 is 1. The van der Waals surface area contributed by atoms with Gasteiger partial charge in [0.1, 0.15) is 23.4 Å². The number of benzene rings is 3. The Kier molecular flexibility index (Phi) is 10.8. The first-order chi connectivity index (χ1) is 23.2. The molecule has 0 bridgehead atoms. The van der Waals surface area contributed by atoms with Gasteiger partial charge in [0, 0.05) is 30.2 Å². The highest BCUT2D eigenvalue weighted by Crippen LogP contribution is 2.54. The lowest BCUT2D eigenvalue weighted by atomic mass is 9.71. The summed E-state index contributed by atoms with van der Waals surface area (Å²) in [5.41, 5.74) is 7.15. The highest BCUT2D eigenvalue weighted by Gasteiger charge is 2.38. The van der Waals surface area contributed by atoms with E-state index >= 15 is 0 Å². The second-order valence-corrected chi connectivity index (χ2v) is 14.8. The van der Waals surface area contributed by atoms with E-state index in [1.807, 2.05) is 24.3 Å². The lowest BCUT2D eigenvalue weighted by Gasteiger charge is -2.38. The average molecular weight is 659 g/mol. The number of hydrogen-bond donors (Lipinski definition) is 4. The van der Waals surface area contributed by atoms with Gasteiger partial charge in [0.2, 0.25) is 0 Å². The first kappa shape index (κ1) is 34.4. The van der Waals surface area contributed by atoms with E-state index in [2.05, 4.69) is 26.8 Å². The third-order valence-electron chi connectivity index (χ3n) is 10.9. The van der Waals surface area contributed by atoms with Gasteiger partial charge in [-0.15, -0.1) is 0 Å². The summed E-state index contributed by atoms with van der Waals surface area (Å²) in [6.45, 7) is 6.76. The summed E-state index contributed by atoms with van der Waals surface area (Å²) >= 11 is 0. The van der Waals surface area contributed by atoms with Crippen LogP contribution in [0.2, 0.25) is 0 Å². The lowest BCUT2D eigenvalue weighted by molar-refractivity contribution is 0.0200. The molecular weight excluding hydrogens is 604 g/mol. The molecular formula is C41H54O7. The SMILES string of the molecule is CCC(CCCO)CCC1Cc2cc(O)c(CC(C)C)cc2-c2c(OC)cc3c(c21)CC(O)C(c1ccc(O)c(OC2CCCC2)c1)O3. The number of aromatic hydroxyl groups is 2. The molecule has 7 nitrogen and oxygen atoms in total. The Bertz CT molecular complexity index is 1570. The average Bonchev–Trinajstić information content (AvgIpc) is 3.58. The van der Waals surface area contributed by atoms with Crippen LogP contribution >= 0.6 is 0 Å². The zero-order chi connectivity index (χ0) is 33.9. The van der Waals surface area contributed by atoms with Gasteiger partial charge in [-0.3, -0.25) is 0 Å². The molecule has 4 atom stereocenters. The van der Waals surface area contributed by atoms with Crippen molar-refractivity contribution in [3.8, 4) is 39.9 Å². The predicted octanol–water partition coefficient (Wildman–Crippen LogP) is 8.55. The third kappa shape index (κ3) is 7.13. The molecule has 1 saturated carbocycles. The molecule has 260 valence electrons. The summed E-state index contributed by atoms with van der Waals surface area (Å²) < 4.78 is 19.0. The van der Waals surface area contributed by atoms with Crippen molar-refractivity contribution in [2.75, 3.05) is 13.7 Å². The molecule has 4 unspecified atom stereocenters. The van der Waals surface area contributed by atoms with Gasteiger partial charge in [-0.2, -0.15) is 0 Å². The van der Waals surface area contributed by atoms with E-state index in [9.17, 15) is 20.4 Å². The second kappa shape index (κ2) is 15.0. The van der Waals surface area contributed by atoms with Crippen LogP contribution in [0, 0.1) is 11.8 Å². The summed E-state index contributed by atoms with van der Waals surface area (Å²) in [7, 11) is 1.70. The zero-order valence-corrected chi connectivity index (χ0v) is 29.1. The van der Waals surface area contributed by atoms with Crippen LogP contribution in [-0.2, 0) is 19.3 Å². The van der Waals surface area contributed by atoms with Crippen LogP contribution in [0.4, 0.5) is 0 Å². The summed E-state index contributed by atoms with van der Waals surface area (Å²) in [6, 6.07) is 11.3. The Morgan fingerprint density at radius 3 is 2.46 bits per heavy atom. The van der Waals surface area contributed by atoms with Crippen LogP contribution in [0.15, 0.2) is 36.4 Å². The smallest absolute Gasteiger partial charge is 0.161 e. The van der Waals surface area contributed by atoms with Crippen molar-refractivity contribution in [3.63, 3.8) is 0 Å². The lowest BCUT2D eigenvalue weighted by Crippen LogP contribution is -2.32. The monoisotopic (exact) mass is 658 g/mol. The summed E-state index contributed by atoms with van der Waals surface area (Å²) in [4.78, 5) is 0. The molecule has 1 fully saturated rings. The standard InChI is InChI=1S/C41H54O7/c1-5-25(9-8-16-42)12-13-26-18-28-20-34(44)29(17-24(2)3)19-31(28)40-38(46-4)23-36-32(39(26)40)22-35(45)41(48-36)27-14-15-33(43)37(21-27)47-30-10-6-7-11-30/h14-15,19-21,23-26,30,35,41-45H,5-13,16-18,22H2,1-4H3. The van der Waals surface area contributed by atoms with Crippen molar-refractivity contribution >= 4 is 0 Å². The first-order valence-corrected chi connectivity index (χ1v) is 18.2. The number of fused-ring (bicyclic) bond motifs is 5. The minimum absolute atomic E-state index is 0.0959. The number of phenolic OH excluding ortho intramolecular Hbond substituents is 2. The van der Waals surface area contributed by atoms with Crippen molar-refractivity contribution in [1.29, 1.82) is 0 Å². The van der Waals surface area contributed by atoms with Crippen molar-refractivity contribution in [2.24, 2.45) is 11.8 Å². The van der Waals surface area contributed by atoms with Crippen molar-refractivity contribution in [3.05, 3.63) is 64.2 Å². The van der Waals surface area contributed by atoms with Gasteiger partial charge in [0.25, 0.3) is 0 Å². The quantitative estimate of drug-likeness (QED) is 0.146. The van der Waals surface area contributed by atoms with E-state index in [0.29, 0.717) is 35.5 Å². The minimum atomic E-state index is -0.801. The molecule has 0 aromatic heterocycles. The Morgan fingerprint density at radius 1 is 0.958 bits per heavy atom. The van der Waals surface area contributed by atoms with Gasteiger partial charge >= 0.3 is 0 Å².